The Morgan fingerprint density at radius 2 is 1.64 bits per heavy atom. The van der Waals surface area contributed by atoms with Crippen molar-refractivity contribution < 1.29 is 22.3 Å². The zero-order chi connectivity index (χ0) is 22.8. The standard InChI is InChI=1S/C24H19ClN2O5S/c25-18-8-6-17(7-9-18)22-27-24(23(32-22)26-15-16-4-2-1-3-5-16)33(28,29)19-10-11-20-21(14-19)31-13-12-30-20/h1-11,14,26H,12-13,15H2. The molecule has 0 bridgehead atoms. The van der Waals surface area contributed by atoms with E-state index < -0.39 is 9.84 Å². The van der Waals surface area contributed by atoms with Crippen LogP contribution >= 0.6 is 11.6 Å². The van der Waals surface area contributed by atoms with Gasteiger partial charge in [0.05, 0.1) is 4.90 Å². The van der Waals surface area contributed by atoms with Crippen LogP contribution in [0.15, 0.2) is 87.1 Å². The topological polar surface area (TPSA) is 90.7 Å². The average Bonchev–Trinajstić information content (AvgIpc) is 3.29. The van der Waals surface area contributed by atoms with Crippen LogP contribution in [0.3, 0.4) is 0 Å². The van der Waals surface area contributed by atoms with Crippen LogP contribution in [0.2, 0.25) is 5.02 Å². The summed E-state index contributed by atoms with van der Waals surface area (Å²) in [6.07, 6.45) is 0. The summed E-state index contributed by atoms with van der Waals surface area (Å²) in [5.41, 5.74) is 1.57. The highest BCUT2D eigenvalue weighted by atomic mass is 35.5. The number of ether oxygens (including phenoxy) is 2. The Bertz CT molecular complexity index is 1390. The van der Waals surface area contributed by atoms with E-state index in [9.17, 15) is 8.42 Å². The molecule has 0 atom stereocenters. The van der Waals surface area contributed by atoms with Gasteiger partial charge in [0.25, 0.3) is 0 Å². The quantitative estimate of drug-likeness (QED) is 0.403. The molecule has 7 nitrogen and oxygen atoms in total. The molecule has 1 N–H and O–H groups in total. The minimum absolute atomic E-state index is 0.0328. The van der Waals surface area contributed by atoms with E-state index in [4.69, 9.17) is 25.5 Å². The Morgan fingerprint density at radius 1 is 0.909 bits per heavy atom. The fourth-order valence-corrected chi connectivity index (χ4v) is 4.82. The second-order valence-electron chi connectivity index (χ2n) is 7.31. The molecule has 0 radical (unpaired) electrons. The predicted octanol–water partition coefficient (Wildman–Crippen LogP) is 5.21. The smallest absolute Gasteiger partial charge is 0.234 e. The van der Waals surface area contributed by atoms with Crippen molar-refractivity contribution in [2.75, 3.05) is 18.5 Å². The van der Waals surface area contributed by atoms with Gasteiger partial charge in [0.15, 0.2) is 11.5 Å². The summed E-state index contributed by atoms with van der Waals surface area (Å²) < 4.78 is 44.1. The monoisotopic (exact) mass is 482 g/mol. The zero-order valence-corrected chi connectivity index (χ0v) is 18.9. The van der Waals surface area contributed by atoms with E-state index in [1.54, 1.807) is 30.3 Å². The number of nitrogens with one attached hydrogen (secondary N) is 1. The fourth-order valence-electron chi connectivity index (χ4n) is 3.40. The number of anilines is 1. The molecule has 168 valence electrons. The summed E-state index contributed by atoms with van der Waals surface area (Å²) >= 11 is 5.98. The van der Waals surface area contributed by atoms with Crippen molar-refractivity contribution in [3.8, 4) is 23.0 Å². The molecule has 0 aliphatic carbocycles. The van der Waals surface area contributed by atoms with Crippen molar-refractivity contribution in [1.29, 1.82) is 0 Å². The van der Waals surface area contributed by atoms with Crippen LogP contribution in [0.1, 0.15) is 5.56 Å². The molecule has 0 unspecified atom stereocenters. The number of fused-ring (bicyclic) bond motifs is 1. The van der Waals surface area contributed by atoms with Gasteiger partial charge in [-0.1, -0.05) is 41.9 Å². The first-order valence-corrected chi connectivity index (χ1v) is 12.1. The van der Waals surface area contributed by atoms with E-state index in [1.807, 2.05) is 30.3 Å². The number of sulfone groups is 1. The number of aromatic nitrogens is 1. The van der Waals surface area contributed by atoms with E-state index >= 15 is 0 Å². The zero-order valence-electron chi connectivity index (χ0n) is 17.3. The third-order valence-corrected chi connectivity index (χ3v) is 6.97. The molecule has 1 aliphatic rings. The van der Waals surface area contributed by atoms with Gasteiger partial charge in [0.1, 0.15) is 13.2 Å². The molecule has 4 aromatic rings. The van der Waals surface area contributed by atoms with Crippen molar-refractivity contribution in [3.63, 3.8) is 0 Å². The second kappa shape index (κ2) is 8.80. The van der Waals surface area contributed by atoms with E-state index in [1.165, 1.54) is 12.1 Å². The van der Waals surface area contributed by atoms with Crippen LogP contribution in [0.4, 0.5) is 5.88 Å². The van der Waals surface area contributed by atoms with Gasteiger partial charge in [-0.2, -0.15) is 4.98 Å². The summed E-state index contributed by atoms with van der Waals surface area (Å²) in [6.45, 7) is 1.13. The first-order chi connectivity index (χ1) is 16.0. The lowest BCUT2D eigenvalue weighted by molar-refractivity contribution is 0.171. The van der Waals surface area contributed by atoms with E-state index in [0.29, 0.717) is 41.8 Å². The van der Waals surface area contributed by atoms with Crippen molar-refractivity contribution in [1.82, 2.24) is 4.98 Å². The molecule has 0 amide bonds. The molecule has 0 saturated carbocycles. The Morgan fingerprint density at radius 3 is 2.39 bits per heavy atom. The number of rotatable bonds is 6. The predicted molar refractivity (Wildman–Crippen MR) is 124 cm³/mol. The van der Waals surface area contributed by atoms with Crippen LogP contribution in [-0.2, 0) is 16.4 Å². The molecule has 0 saturated heterocycles. The SMILES string of the molecule is O=S(=O)(c1ccc2c(c1)OCCO2)c1nc(-c2ccc(Cl)cc2)oc1NCc1ccccc1. The maximum Gasteiger partial charge on any atom is 0.234 e. The minimum atomic E-state index is -4.03. The minimum Gasteiger partial charge on any atom is -0.486 e. The highest BCUT2D eigenvalue weighted by Crippen LogP contribution is 2.37. The van der Waals surface area contributed by atoms with Gasteiger partial charge in [0.2, 0.25) is 26.6 Å². The molecule has 3 aromatic carbocycles. The van der Waals surface area contributed by atoms with Gasteiger partial charge in [-0.3, -0.25) is 0 Å². The molecule has 33 heavy (non-hydrogen) atoms. The fraction of sp³-hybridized carbons (Fsp3) is 0.125. The molecule has 1 aliphatic heterocycles. The lowest BCUT2D eigenvalue weighted by atomic mass is 10.2. The Labute approximate surface area is 195 Å². The van der Waals surface area contributed by atoms with Crippen molar-refractivity contribution in [3.05, 3.63) is 83.4 Å². The first kappa shape index (κ1) is 21.4. The summed E-state index contributed by atoms with van der Waals surface area (Å²) in [5, 5.41) is 3.42. The highest BCUT2D eigenvalue weighted by molar-refractivity contribution is 7.91. The van der Waals surface area contributed by atoms with E-state index in [-0.39, 0.29) is 21.7 Å². The van der Waals surface area contributed by atoms with Crippen LogP contribution in [-0.4, -0.2) is 26.6 Å². The molecule has 0 spiro atoms. The lowest BCUT2D eigenvalue weighted by Crippen LogP contribution is -2.16. The summed E-state index contributed by atoms with van der Waals surface area (Å²) in [7, 11) is -4.03. The number of nitrogens with zero attached hydrogens (tertiary/aromatic N) is 1. The van der Waals surface area contributed by atoms with Gasteiger partial charge in [0, 0.05) is 23.2 Å². The Hall–Kier alpha value is -3.49. The molecule has 5 rings (SSSR count). The molecule has 0 fully saturated rings. The molecule has 9 heteroatoms. The normalized spacial score (nSPS) is 13.0. The summed E-state index contributed by atoms with van der Waals surface area (Å²) in [4.78, 5) is 4.38. The van der Waals surface area contributed by atoms with Crippen molar-refractivity contribution >= 4 is 27.3 Å². The second-order valence-corrected chi connectivity index (χ2v) is 9.61. The van der Waals surface area contributed by atoms with Crippen molar-refractivity contribution in [2.45, 2.75) is 16.5 Å². The average molecular weight is 483 g/mol. The highest BCUT2D eigenvalue weighted by Gasteiger charge is 2.30. The van der Waals surface area contributed by atoms with Crippen molar-refractivity contribution in [2.24, 2.45) is 0 Å². The van der Waals surface area contributed by atoms with Crippen LogP contribution in [0, 0.1) is 0 Å². The van der Waals surface area contributed by atoms with Gasteiger partial charge < -0.3 is 19.2 Å². The van der Waals surface area contributed by atoms with Crippen LogP contribution in [0.25, 0.3) is 11.5 Å². The van der Waals surface area contributed by atoms with Gasteiger partial charge in [-0.25, -0.2) is 8.42 Å². The van der Waals surface area contributed by atoms with E-state index in [2.05, 4.69) is 10.3 Å². The number of halogens is 1. The maximum absolute atomic E-state index is 13.6. The maximum atomic E-state index is 13.6. The third kappa shape index (κ3) is 4.40. The largest absolute Gasteiger partial charge is 0.486 e. The molecular weight excluding hydrogens is 464 g/mol. The lowest BCUT2D eigenvalue weighted by Gasteiger charge is -2.18. The Kier molecular flexibility index (Phi) is 5.70. The van der Waals surface area contributed by atoms with Crippen LogP contribution < -0.4 is 14.8 Å². The number of hydrogen-bond donors (Lipinski definition) is 1. The molecule has 1 aromatic heterocycles. The summed E-state index contributed by atoms with van der Waals surface area (Å²) in [6, 6.07) is 20.9. The number of hydrogen-bond acceptors (Lipinski definition) is 7. The van der Waals surface area contributed by atoms with E-state index in [0.717, 1.165) is 5.56 Å². The Balaban J connectivity index is 1.55. The number of oxazole rings is 1. The first-order valence-electron chi connectivity index (χ1n) is 10.2. The summed E-state index contributed by atoms with van der Waals surface area (Å²) in [5.74, 6) is 1.10. The van der Waals surface area contributed by atoms with Gasteiger partial charge in [-0.15, -0.1) is 0 Å². The molecular formula is C24H19ClN2O5S. The van der Waals surface area contributed by atoms with Gasteiger partial charge in [-0.05, 0) is 42.0 Å². The number of benzene rings is 3. The van der Waals surface area contributed by atoms with Gasteiger partial charge >= 0.3 is 0 Å². The third-order valence-electron chi connectivity index (χ3n) is 5.06. The molecule has 2 heterocycles. The van der Waals surface area contributed by atoms with Crippen LogP contribution in [0.5, 0.6) is 11.5 Å².